The van der Waals surface area contributed by atoms with Gasteiger partial charge in [-0.25, -0.2) is 4.79 Å². The number of carbonyl (C=O) groups is 2. The number of non-ortho nitro benzene ring substituents is 2. The van der Waals surface area contributed by atoms with Crippen molar-refractivity contribution in [2.45, 2.75) is 0 Å². The number of hydrogen-bond donors (Lipinski definition) is 0. The summed E-state index contributed by atoms with van der Waals surface area (Å²) in [5.74, 6) is -1.22. The van der Waals surface area contributed by atoms with Crippen LogP contribution in [0.5, 0.6) is 5.75 Å². The van der Waals surface area contributed by atoms with Crippen molar-refractivity contribution >= 4 is 74.9 Å². The number of anilines is 1. The smallest absolute Gasteiger partial charge is 0.344 e. The van der Waals surface area contributed by atoms with Crippen molar-refractivity contribution in [3.8, 4) is 5.75 Å². The van der Waals surface area contributed by atoms with Gasteiger partial charge in [0.1, 0.15) is 5.75 Å². The van der Waals surface area contributed by atoms with E-state index in [9.17, 15) is 29.8 Å². The number of amides is 1. The van der Waals surface area contributed by atoms with Gasteiger partial charge in [-0.3, -0.25) is 29.9 Å². The molecule has 0 radical (unpaired) electrons. The lowest BCUT2D eigenvalue weighted by molar-refractivity contribution is -0.394. The van der Waals surface area contributed by atoms with Crippen LogP contribution in [0.4, 0.5) is 17.1 Å². The third kappa shape index (κ3) is 5.40. The number of carbonyl (C=O) groups excluding carboxylic acids is 2. The Bertz CT molecular complexity index is 1440. The molecule has 1 fully saturated rings. The number of hydrogen-bond acceptors (Lipinski definition) is 9. The fourth-order valence-corrected chi connectivity index (χ4v) is 4.66. The van der Waals surface area contributed by atoms with Crippen molar-refractivity contribution < 1.29 is 24.2 Å². The molecule has 0 N–H and O–H groups in total. The van der Waals surface area contributed by atoms with Gasteiger partial charge in [-0.1, -0.05) is 53.8 Å². The second kappa shape index (κ2) is 10.2. The van der Waals surface area contributed by atoms with Gasteiger partial charge >= 0.3 is 5.97 Å². The van der Waals surface area contributed by atoms with E-state index in [1.54, 1.807) is 42.5 Å². The summed E-state index contributed by atoms with van der Waals surface area (Å²) in [5, 5.41) is 22.5. The van der Waals surface area contributed by atoms with E-state index >= 15 is 0 Å². The van der Waals surface area contributed by atoms with Crippen LogP contribution in [0.1, 0.15) is 15.9 Å². The van der Waals surface area contributed by atoms with E-state index in [1.165, 1.54) is 17.0 Å². The molecule has 0 aliphatic carbocycles. The predicted octanol–water partition coefficient (Wildman–Crippen LogP) is 5.78. The first-order valence-corrected chi connectivity index (χ1v) is 11.5. The van der Waals surface area contributed by atoms with Crippen LogP contribution in [0.15, 0.2) is 71.6 Å². The number of nitro groups is 2. The summed E-state index contributed by atoms with van der Waals surface area (Å²) in [6.45, 7) is 0. The zero-order valence-electron chi connectivity index (χ0n) is 17.8. The monoisotopic (exact) mass is 541 g/mol. The summed E-state index contributed by atoms with van der Waals surface area (Å²) in [7, 11) is 0. The lowest BCUT2D eigenvalue weighted by Gasteiger charge is -2.14. The Labute approximate surface area is 217 Å². The van der Waals surface area contributed by atoms with Crippen LogP contribution in [0.3, 0.4) is 0 Å². The molecular weight excluding hydrogens is 530 g/mol. The molecule has 180 valence electrons. The molecule has 36 heavy (non-hydrogen) atoms. The molecular formula is C23H12ClN3O7S2. The summed E-state index contributed by atoms with van der Waals surface area (Å²) in [4.78, 5) is 47.5. The minimum atomic E-state index is -1.00. The number of thiocarbonyl (C=S) groups is 1. The molecule has 1 aliphatic heterocycles. The van der Waals surface area contributed by atoms with Gasteiger partial charge in [0.05, 0.1) is 32.1 Å². The number of halogens is 1. The normalized spacial score (nSPS) is 14.2. The van der Waals surface area contributed by atoms with Crippen LogP contribution >= 0.6 is 35.6 Å². The lowest BCUT2D eigenvalue weighted by Crippen LogP contribution is -2.27. The topological polar surface area (TPSA) is 133 Å². The first-order valence-electron chi connectivity index (χ1n) is 9.92. The van der Waals surface area contributed by atoms with Gasteiger partial charge in [-0.05, 0) is 42.0 Å². The van der Waals surface area contributed by atoms with E-state index in [4.69, 9.17) is 28.6 Å². The van der Waals surface area contributed by atoms with E-state index in [0.29, 0.717) is 25.5 Å². The van der Waals surface area contributed by atoms with Crippen LogP contribution in [-0.2, 0) is 4.79 Å². The van der Waals surface area contributed by atoms with Gasteiger partial charge in [-0.2, -0.15) is 0 Å². The van der Waals surface area contributed by atoms with E-state index in [0.717, 1.165) is 30.0 Å². The summed E-state index contributed by atoms with van der Waals surface area (Å²) < 4.78 is 5.55. The van der Waals surface area contributed by atoms with Crippen molar-refractivity contribution in [1.29, 1.82) is 0 Å². The molecule has 0 bridgehead atoms. The Morgan fingerprint density at radius 2 is 1.64 bits per heavy atom. The predicted molar refractivity (Wildman–Crippen MR) is 138 cm³/mol. The Kier molecular flexibility index (Phi) is 7.10. The van der Waals surface area contributed by atoms with Crippen molar-refractivity contribution in [1.82, 2.24) is 0 Å². The highest BCUT2D eigenvalue weighted by molar-refractivity contribution is 8.27. The summed E-state index contributed by atoms with van der Waals surface area (Å²) in [5.41, 5.74) is -0.391. The quantitative estimate of drug-likeness (QED) is 0.0950. The summed E-state index contributed by atoms with van der Waals surface area (Å²) in [6, 6.07) is 15.4. The van der Waals surface area contributed by atoms with Crippen LogP contribution < -0.4 is 9.64 Å². The highest BCUT2D eigenvalue weighted by atomic mass is 35.5. The molecule has 0 unspecified atom stereocenters. The zero-order valence-corrected chi connectivity index (χ0v) is 20.2. The second-order valence-electron chi connectivity index (χ2n) is 7.21. The fraction of sp³-hybridized carbons (Fsp3) is 0. The van der Waals surface area contributed by atoms with Crippen molar-refractivity contribution in [2.24, 2.45) is 0 Å². The second-order valence-corrected chi connectivity index (χ2v) is 9.32. The third-order valence-corrected chi connectivity index (χ3v) is 6.35. The van der Waals surface area contributed by atoms with Gasteiger partial charge in [0.2, 0.25) is 0 Å². The SMILES string of the molecule is O=C(Oc1ccc(/C=C2/SC(=S)N(c3cccc(Cl)c3)C2=O)cc1)c1cc([N+](=O)[O-])cc([N+](=O)[O-])c1. The number of nitro benzene ring substituents is 2. The first-order chi connectivity index (χ1) is 17.1. The van der Waals surface area contributed by atoms with Crippen LogP contribution in [0.2, 0.25) is 5.02 Å². The molecule has 4 rings (SSSR count). The highest BCUT2D eigenvalue weighted by Gasteiger charge is 2.33. The average molecular weight is 542 g/mol. The van der Waals surface area contributed by atoms with Crippen LogP contribution in [0.25, 0.3) is 6.08 Å². The molecule has 0 aromatic heterocycles. The zero-order chi connectivity index (χ0) is 26.0. The third-order valence-electron chi connectivity index (χ3n) is 4.81. The minimum Gasteiger partial charge on any atom is -0.423 e. The molecule has 0 spiro atoms. The van der Waals surface area contributed by atoms with Gasteiger partial charge in [0.25, 0.3) is 17.3 Å². The van der Waals surface area contributed by atoms with E-state index in [1.807, 2.05) is 0 Å². The number of nitrogens with zero attached hydrogens (tertiary/aromatic N) is 3. The summed E-state index contributed by atoms with van der Waals surface area (Å²) >= 11 is 12.5. The molecule has 10 nitrogen and oxygen atoms in total. The Hall–Kier alpha value is -4.13. The van der Waals surface area contributed by atoms with Crippen molar-refractivity contribution in [2.75, 3.05) is 4.90 Å². The fourth-order valence-electron chi connectivity index (χ4n) is 3.18. The first kappa shape index (κ1) is 25.0. The maximum absolute atomic E-state index is 12.9. The lowest BCUT2D eigenvalue weighted by atomic mass is 10.1. The Balaban J connectivity index is 1.50. The minimum absolute atomic E-state index is 0.0952. The molecule has 1 saturated heterocycles. The number of thioether (sulfide) groups is 1. The molecule has 3 aromatic carbocycles. The maximum atomic E-state index is 12.9. The number of ether oxygens (including phenoxy) is 1. The van der Waals surface area contributed by atoms with Gasteiger partial charge < -0.3 is 4.74 Å². The molecule has 3 aromatic rings. The van der Waals surface area contributed by atoms with E-state index in [2.05, 4.69) is 0 Å². The van der Waals surface area contributed by atoms with Gasteiger partial charge in [-0.15, -0.1) is 0 Å². The van der Waals surface area contributed by atoms with Crippen molar-refractivity contribution in [3.05, 3.63) is 108 Å². The molecule has 13 heteroatoms. The average Bonchev–Trinajstić information content (AvgIpc) is 3.12. The number of esters is 1. The van der Waals surface area contributed by atoms with Gasteiger partial charge in [0.15, 0.2) is 4.32 Å². The molecule has 1 aliphatic rings. The van der Waals surface area contributed by atoms with Crippen LogP contribution in [-0.4, -0.2) is 26.0 Å². The number of rotatable bonds is 6. The standard InChI is InChI=1S/C23H12ClN3O7S2/c24-15-2-1-3-16(11-15)25-21(28)20(36-23(25)35)8-13-4-6-19(7-5-13)34-22(29)14-9-17(26(30)31)12-18(10-14)27(32)33/h1-12H/b20-8+. The van der Waals surface area contributed by atoms with E-state index < -0.39 is 27.2 Å². The maximum Gasteiger partial charge on any atom is 0.344 e. The molecule has 0 saturated carbocycles. The molecule has 1 heterocycles. The molecule has 1 amide bonds. The van der Waals surface area contributed by atoms with Crippen LogP contribution in [0, 0.1) is 20.2 Å². The molecule has 0 atom stereocenters. The Morgan fingerprint density at radius 3 is 2.22 bits per heavy atom. The van der Waals surface area contributed by atoms with Crippen molar-refractivity contribution in [3.63, 3.8) is 0 Å². The number of benzene rings is 3. The van der Waals surface area contributed by atoms with E-state index in [-0.39, 0.29) is 17.2 Å². The summed E-state index contributed by atoms with van der Waals surface area (Å²) in [6.07, 6.45) is 1.62. The largest absolute Gasteiger partial charge is 0.423 e. The van der Waals surface area contributed by atoms with Gasteiger partial charge in [0, 0.05) is 17.2 Å². The Morgan fingerprint density at radius 1 is 1.00 bits per heavy atom. The highest BCUT2D eigenvalue weighted by Crippen LogP contribution is 2.37.